The second kappa shape index (κ2) is 7.95. The molecule has 0 aliphatic rings. The van der Waals surface area contributed by atoms with Gasteiger partial charge in [0.1, 0.15) is 5.69 Å². The lowest BCUT2D eigenvalue weighted by atomic mass is 10.1. The molecule has 3 rings (SSSR count). The van der Waals surface area contributed by atoms with Gasteiger partial charge in [0.25, 0.3) is 5.91 Å². The first-order valence-electron chi connectivity index (χ1n) is 8.21. The number of hydrogen-bond donors (Lipinski definition) is 2. The molecule has 1 amide bonds. The number of carbonyl (C=O) groups excluding carboxylic acids is 1. The molecule has 0 atom stereocenters. The molecule has 0 saturated heterocycles. The van der Waals surface area contributed by atoms with Crippen molar-refractivity contribution in [3.8, 4) is 6.07 Å². The van der Waals surface area contributed by atoms with E-state index in [1.54, 1.807) is 36.5 Å². The number of hydrogen-bond acceptors (Lipinski definition) is 4. The van der Waals surface area contributed by atoms with Crippen LogP contribution in [0.15, 0.2) is 66.9 Å². The van der Waals surface area contributed by atoms with E-state index in [0.717, 1.165) is 5.69 Å². The van der Waals surface area contributed by atoms with Gasteiger partial charge in [-0.2, -0.15) is 5.26 Å². The molecule has 5 heteroatoms. The quantitative estimate of drug-likeness (QED) is 0.731. The van der Waals surface area contributed by atoms with Gasteiger partial charge in [-0.05, 0) is 42.8 Å². The number of pyridine rings is 1. The molecule has 0 spiro atoms. The Kier molecular flexibility index (Phi) is 5.25. The number of benzene rings is 2. The van der Waals surface area contributed by atoms with Crippen LogP contribution in [-0.2, 0) is 6.54 Å². The second-order valence-electron chi connectivity index (χ2n) is 5.92. The summed E-state index contributed by atoms with van der Waals surface area (Å²) in [6, 6.07) is 20.6. The van der Waals surface area contributed by atoms with Crippen molar-refractivity contribution in [1.29, 1.82) is 5.26 Å². The maximum atomic E-state index is 12.3. The molecule has 0 bridgehead atoms. The summed E-state index contributed by atoms with van der Waals surface area (Å²) in [5.41, 5.74) is 4.62. The van der Waals surface area contributed by atoms with Crippen LogP contribution in [0.5, 0.6) is 0 Å². The first kappa shape index (κ1) is 17.2. The van der Waals surface area contributed by atoms with Crippen molar-refractivity contribution in [2.24, 2.45) is 0 Å². The van der Waals surface area contributed by atoms with Crippen molar-refractivity contribution in [1.82, 2.24) is 4.98 Å². The highest BCUT2D eigenvalue weighted by Gasteiger charge is 2.08. The highest BCUT2D eigenvalue weighted by molar-refractivity contribution is 6.03. The van der Waals surface area contributed by atoms with Gasteiger partial charge in [0.2, 0.25) is 0 Å². The molecule has 2 aromatic carbocycles. The highest BCUT2D eigenvalue weighted by Crippen LogP contribution is 2.13. The van der Waals surface area contributed by atoms with Crippen molar-refractivity contribution >= 4 is 17.3 Å². The van der Waals surface area contributed by atoms with Gasteiger partial charge in [0.05, 0.1) is 23.5 Å². The molecule has 0 saturated carbocycles. The van der Waals surface area contributed by atoms with Crippen molar-refractivity contribution in [2.45, 2.75) is 13.5 Å². The van der Waals surface area contributed by atoms with E-state index < -0.39 is 0 Å². The lowest BCUT2D eigenvalue weighted by Crippen LogP contribution is -2.13. The molecular weight excluding hydrogens is 324 g/mol. The number of aromatic nitrogens is 1. The van der Waals surface area contributed by atoms with E-state index in [0.29, 0.717) is 23.5 Å². The normalized spacial score (nSPS) is 10.0. The van der Waals surface area contributed by atoms with Crippen LogP contribution in [0.3, 0.4) is 0 Å². The highest BCUT2D eigenvalue weighted by atomic mass is 16.1. The number of anilines is 2. The van der Waals surface area contributed by atoms with Crippen LogP contribution in [0.1, 0.15) is 27.2 Å². The van der Waals surface area contributed by atoms with Gasteiger partial charge in [-0.3, -0.25) is 4.79 Å². The standard InChI is InChI=1S/C21H18N4O/c1-15-4-2-6-17(10-15)13-23-19-8-9-20(24-14-19)21(26)25-18-7-3-5-16(11-18)12-22/h2-11,14,23H,13H2,1H3,(H,25,26). The van der Waals surface area contributed by atoms with E-state index in [1.165, 1.54) is 11.1 Å². The average Bonchev–Trinajstić information content (AvgIpc) is 2.67. The monoisotopic (exact) mass is 342 g/mol. The Bertz CT molecular complexity index is 958. The molecule has 0 unspecified atom stereocenters. The third-order valence-corrected chi connectivity index (χ3v) is 3.82. The first-order chi connectivity index (χ1) is 12.6. The summed E-state index contributed by atoms with van der Waals surface area (Å²) in [5.74, 6) is -0.315. The van der Waals surface area contributed by atoms with Gasteiger partial charge < -0.3 is 10.6 Å². The van der Waals surface area contributed by atoms with Gasteiger partial charge >= 0.3 is 0 Å². The summed E-state index contributed by atoms with van der Waals surface area (Å²) >= 11 is 0. The van der Waals surface area contributed by atoms with Gasteiger partial charge in [0, 0.05) is 12.2 Å². The van der Waals surface area contributed by atoms with Crippen LogP contribution >= 0.6 is 0 Å². The van der Waals surface area contributed by atoms with Crippen LogP contribution in [0.25, 0.3) is 0 Å². The van der Waals surface area contributed by atoms with Crippen LogP contribution in [-0.4, -0.2) is 10.9 Å². The molecule has 3 aromatic rings. The Labute approximate surface area is 152 Å². The smallest absolute Gasteiger partial charge is 0.274 e. The predicted octanol–water partition coefficient (Wildman–Crippen LogP) is 4.13. The Hall–Kier alpha value is -3.65. The Morgan fingerprint density at radius 2 is 1.92 bits per heavy atom. The molecule has 5 nitrogen and oxygen atoms in total. The van der Waals surface area contributed by atoms with Crippen molar-refractivity contribution < 1.29 is 4.79 Å². The lowest BCUT2D eigenvalue weighted by Gasteiger charge is -2.08. The molecule has 0 radical (unpaired) electrons. The summed E-state index contributed by atoms with van der Waals surface area (Å²) in [4.78, 5) is 16.5. The largest absolute Gasteiger partial charge is 0.380 e. The van der Waals surface area contributed by atoms with Crippen LogP contribution in [0.4, 0.5) is 11.4 Å². The SMILES string of the molecule is Cc1cccc(CNc2ccc(C(=O)Nc3cccc(C#N)c3)nc2)c1. The Morgan fingerprint density at radius 3 is 2.65 bits per heavy atom. The fraction of sp³-hybridized carbons (Fsp3) is 0.0952. The Balaban J connectivity index is 1.61. The number of nitriles is 1. The topological polar surface area (TPSA) is 77.8 Å². The van der Waals surface area contributed by atoms with Gasteiger partial charge in [-0.1, -0.05) is 35.9 Å². The molecular formula is C21H18N4O. The molecule has 1 aromatic heterocycles. The van der Waals surface area contributed by atoms with Gasteiger partial charge in [-0.15, -0.1) is 0 Å². The van der Waals surface area contributed by atoms with E-state index in [-0.39, 0.29) is 5.91 Å². The summed E-state index contributed by atoms with van der Waals surface area (Å²) in [5, 5.41) is 14.9. The van der Waals surface area contributed by atoms with E-state index in [4.69, 9.17) is 5.26 Å². The third-order valence-electron chi connectivity index (χ3n) is 3.82. The lowest BCUT2D eigenvalue weighted by molar-refractivity contribution is 0.102. The fourth-order valence-electron chi connectivity index (χ4n) is 2.52. The van der Waals surface area contributed by atoms with Crippen LogP contribution in [0.2, 0.25) is 0 Å². The van der Waals surface area contributed by atoms with Gasteiger partial charge in [0.15, 0.2) is 0 Å². The van der Waals surface area contributed by atoms with Crippen LogP contribution in [0, 0.1) is 18.3 Å². The molecule has 128 valence electrons. The first-order valence-corrected chi connectivity index (χ1v) is 8.21. The molecule has 0 aliphatic heterocycles. The predicted molar refractivity (Wildman–Crippen MR) is 102 cm³/mol. The number of nitrogens with one attached hydrogen (secondary N) is 2. The van der Waals surface area contributed by atoms with E-state index in [2.05, 4.69) is 40.7 Å². The maximum Gasteiger partial charge on any atom is 0.274 e. The van der Waals surface area contributed by atoms with Crippen molar-refractivity contribution in [3.05, 3.63) is 89.2 Å². The number of aryl methyl sites for hydroxylation is 1. The molecule has 2 N–H and O–H groups in total. The van der Waals surface area contributed by atoms with Crippen molar-refractivity contribution in [2.75, 3.05) is 10.6 Å². The summed E-state index contributed by atoms with van der Waals surface area (Å²) in [6.07, 6.45) is 1.64. The molecule has 0 aliphatic carbocycles. The molecule has 26 heavy (non-hydrogen) atoms. The second-order valence-corrected chi connectivity index (χ2v) is 5.92. The van der Waals surface area contributed by atoms with Crippen molar-refractivity contribution in [3.63, 3.8) is 0 Å². The zero-order valence-corrected chi connectivity index (χ0v) is 14.4. The molecule has 0 fully saturated rings. The number of nitrogens with zero attached hydrogens (tertiary/aromatic N) is 2. The average molecular weight is 342 g/mol. The summed E-state index contributed by atoms with van der Waals surface area (Å²) in [7, 11) is 0. The maximum absolute atomic E-state index is 12.3. The summed E-state index contributed by atoms with van der Waals surface area (Å²) < 4.78 is 0. The van der Waals surface area contributed by atoms with E-state index in [9.17, 15) is 4.79 Å². The van der Waals surface area contributed by atoms with Crippen LogP contribution < -0.4 is 10.6 Å². The fourth-order valence-corrected chi connectivity index (χ4v) is 2.52. The number of carbonyl (C=O) groups is 1. The third kappa shape index (κ3) is 4.46. The molecule has 1 heterocycles. The zero-order valence-electron chi connectivity index (χ0n) is 14.4. The number of rotatable bonds is 5. The van der Waals surface area contributed by atoms with E-state index >= 15 is 0 Å². The van der Waals surface area contributed by atoms with Gasteiger partial charge in [-0.25, -0.2) is 4.98 Å². The Morgan fingerprint density at radius 1 is 1.08 bits per heavy atom. The zero-order chi connectivity index (χ0) is 18.4. The minimum atomic E-state index is -0.315. The minimum Gasteiger partial charge on any atom is -0.380 e. The minimum absolute atomic E-state index is 0.313. The summed E-state index contributed by atoms with van der Waals surface area (Å²) in [6.45, 7) is 2.75. The van der Waals surface area contributed by atoms with E-state index in [1.807, 2.05) is 18.2 Å². The number of amides is 1.